The van der Waals surface area contributed by atoms with E-state index in [1.807, 2.05) is 24.3 Å². The minimum Gasteiger partial charge on any atom is -0.478 e. The molecule has 0 saturated heterocycles. The van der Waals surface area contributed by atoms with E-state index in [4.69, 9.17) is 9.84 Å². The molecule has 0 aliphatic rings. The van der Waals surface area contributed by atoms with Crippen LogP contribution in [0.2, 0.25) is 0 Å². The maximum Gasteiger partial charge on any atom is 0.328 e. The number of rotatable bonds is 7. The number of hydrogen-bond acceptors (Lipinski definition) is 2. The van der Waals surface area contributed by atoms with Crippen LogP contribution in [0.3, 0.4) is 0 Å². The molecule has 98 valence electrons. The van der Waals surface area contributed by atoms with Gasteiger partial charge in [0, 0.05) is 12.7 Å². The van der Waals surface area contributed by atoms with Crippen LogP contribution in [-0.2, 0) is 16.1 Å². The Balaban J connectivity index is 2.47. The van der Waals surface area contributed by atoms with E-state index >= 15 is 0 Å². The predicted octanol–water partition coefficient (Wildman–Crippen LogP) is 3.35. The number of carbonyl (C=O) groups is 1. The average Bonchev–Trinajstić information content (AvgIpc) is 2.32. The fraction of sp³-hybridized carbons (Fsp3) is 0.400. The van der Waals surface area contributed by atoms with Crippen LogP contribution < -0.4 is 0 Å². The van der Waals surface area contributed by atoms with Gasteiger partial charge >= 0.3 is 5.97 Å². The summed E-state index contributed by atoms with van der Waals surface area (Å²) in [6.45, 7) is 5.66. The lowest BCUT2D eigenvalue weighted by molar-refractivity contribution is -0.131. The van der Waals surface area contributed by atoms with E-state index in [2.05, 4.69) is 13.8 Å². The highest BCUT2D eigenvalue weighted by Crippen LogP contribution is 2.09. The average molecular weight is 248 g/mol. The van der Waals surface area contributed by atoms with Crippen LogP contribution in [0.25, 0.3) is 6.08 Å². The molecule has 1 aromatic rings. The summed E-state index contributed by atoms with van der Waals surface area (Å²) in [7, 11) is 0. The van der Waals surface area contributed by atoms with E-state index in [0.29, 0.717) is 12.5 Å². The zero-order valence-corrected chi connectivity index (χ0v) is 10.9. The van der Waals surface area contributed by atoms with Crippen molar-refractivity contribution in [3.63, 3.8) is 0 Å². The molecular weight excluding hydrogens is 228 g/mol. The van der Waals surface area contributed by atoms with E-state index in [0.717, 1.165) is 30.2 Å². The third-order valence-corrected chi connectivity index (χ3v) is 2.48. The zero-order valence-electron chi connectivity index (χ0n) is 10.9. The largest absolute Gasteiger partial charge is 0.478 e. The van der Waals surface area contributed by atoms with Gasteiger partial charge in [0.15, 0.2) is 0 Å². The van der Waals surface area contributed by atoms with Crippen LogP contribution in [0.4, 0.5) is 0 Å². The molecule has 0 heterocycles. The molecule has 0 radical (unpaired) electrons. The Hall–Kier alpha value is -1.61. The Bertz CT molecular complexity index is 408. The van der Waals surface area contributed by atoms with Crippen LogP contribution in [0.1, 0.15) is 31.4 Å². The second-order valence-electron chi connectivity index (χ2n) is 4.65. The zero-order chi connectivity index (χ0) is 13.4. The summed E-state index contributed by atoms with van der Waals surface area (Å²) in [6.07, 6.45) is 3.78. The Kier molecular flexibility index (Phi) is 6.15. The smallest absolute Gasteiger partial charge is 0.328 e. The van der Waals surface area contributed by atoms with Crippen molar-refractivity contribution in [2.75, 3.05) is 6.61 Å². The van der Waals surface area contributed by atoms with E-state index in [9.17, 15) is 4.79 Å². The molecule has 0 aromatic heterocycles. The third kappa shape index (κ3) is 6.21. The Morgan fingerprint density at radius 3 is 2.89 bits per heavy atom. The molecule has 0 unspecified atom stereocenters. The van der Waals surface area contributed by atoms with E-state index in [1.165, 1.54) is 0 Å². The fourth-order valence-electron chi connectivity index (χ4n) is 1.46. The lowest BCUT2D eigenvalue weighted by Crippen LogP contribution is -1.99. The van der Waals surface area contributed by atoms with Crippen molar-refractivity contribution in [3.8, 4) is 0 Å². The van der Waals surface area contributed by atoms with E-state index in [1.54, 1.807) is 6.08 Å². The molecule has 0 amide bonds. The molecule has 0 saturated carbocycles. The topological polar surface area (TPSA) is 46.5 Å². The highest BCUT2D eigenvalue weighted by molar-refractivity contribution is 5.85. The monoisotopic (exact) mass is 248 g/mol. The standard InChI is InChI=1S/C15H20O3/c1-12(2)8-9-18-11-14-5-3-4-13(10-14)6-7-15(16)17/h3-7,10,12H,8-9,11H2,1-2H3,(H,16,17)/b7-6+. The van der Waals surface area contributed by atoms with Crippen LogP contribution in [0.15, 0.2) is 30.3 Å². The van der Waals surface area contributed by atoms with E-state index in [-0.39, 0.29) is 0 Å². The van der Waals surface area contributed by atoms with Crippen molar-refractivity contribution in [2.45, 2.75) is 26.9 Å². The van der Waals surface area contributed by atoms with Gasteiger partial charge in [-0.2, -0.15) is 0 Å². The molecule has 1 N–H and O–H groups in total. The van der Waals surface area contributed by atoms with Crippen molar-refractivity contribution >= 4 is 12.0 Å². The molecule has 18 heavy (non-hydrogen) atoms. The summed E-state index contributed by atoms with van der Waals surface area (Å²) in [5.74, 6) is -0.288. The first-order valence-corrected chi connectivity index (χ1v) is 6.15. The minimum absolute atomic E-state index is 0.571. The van der Waals surface area contributed by atoms with Gasteiger partial charge in [0.2, 0.25) is 0 Å². The molecule has 0 fully saturated rings. The molecule has 0 atom stereocenters. The quantitative estimate of drug-likeness (QED) is 0.594. The molecule has 1 rings (SSSR count). The summed E-state index contributed by atoms with van der Waals surface area (Å²) < 4.78 is 5.57. The molecular formula is C15H20O3. The second kappa shape index (κ2) is 7.67. The van der Waals surface area contributed by atoms with Crippen molar-refractivity contribution in [2.24, 2.45) is 5.92 Å². The van der Waals surface area contributed by atoms with Crippen LogP contribution in [0.5, 0.6) is 0 Å². The number of aliphatic carboxylic acids is 1. The number of carboxylic acids is 1. The molecule has 1 aromatic carbocycles. The molecule has 0 spiro atoms. The summed E-state index contributed by atoms with van der Waals surface area (Å²) in [5.41, 5.74) is 1.94. The highest BCUT2D eigenvalue weighted by atomic mass is 16.5. The molecule has 3 heteroatoms. The normalized spacial score (nSPS) is 11.3. The Labute approximate surface area is 108 Å². The number of benzene rings is 1. The van der Waals surface area contributed by atoms with Crippen molar-refractivity contribution in [1.29, 1.82) is 0 Å². The highest BCUT2D eigenvalue weighted by Gasteiger charge is 1.97. The van der Waals surface area contributed by atoms with Gasteiger partial charge in [0.1, 0.15) is 0 Å². The van der Waals surface area contributed by atoms with Gasteiger partial charge in [-0.3, -0.25) is 0 Å². The minimum atomic E-state index is -0.936. The van der Waals surface area contributed by atoms with Crippen molar-refractivity contribution in [1.82, 2.24) is 0 Å². The first-order valence-electron chi connectivity index (χ1n) is 6.15. The lowest BCUT2D eigenvalue weighted by atomic mass is 10.1. The number of carboxylic acid groups (broad SMARTS) is 1. The molecule has 0 aliphatic carbocycles. The third-order valence-electron chi connectivity index (χ3n) is 2.48. The summed E-state index contributed by atoms with van der Waals surface area (Å²) in [4.78, 5) is 10.4. The first kappa shape index (κ1) is 14.5. The van der Waals surface area contributed by atoms with Gasteiger partial charge in [-0.25, -0.2) is 4.79 Å². The molecule has 0 bridgehead atoms. The van der Waals surface area contributed by atoms with Gasteiger partial charge in [0.05, 0.1) is 6.61 Å². The summed E-state index contributed by atoms with van der Waals surface area (Å²) in [5, 5.41) is 8.56. The second-order valence-corrected chi connectivity index (χ2v) is 4.65. The Morgan fingerprint density at radius 2 is 2.22 bits per heavy atom. The van der Waals surface area contributed by atoms with Gasteiger partial charge < -0.3 is 9.84 Å². The van der Waals surface area contributed by atoms with E-state index < -0.39 is 5.97 Å². The maximum atomic E-state index is 10.4. The van der Waals surface area contributed by atoms with Crippen molar-refractivity contribution in [3.05, 3.63) is 41.5 Å². The van der Waals surface area contributed by atoms with Crippen LogP contribution in [0, 0.1) is 5.92 Å². The van der Waals surface area contributed by atoms with Crippen LogP contribution >= 0.6 is 0 Å². The van der Waals surface area contributed by atoms with Gasteiger partial charge in [-0.15, -0.1) is 0 Å². The number of ether oxygens (including phenoxy) is 1. The lowest BCUT2D eigenvalue weighted by Gasteiger charge is -2.07. The van der Waals surface area contributed by atoms with Gasteiger partial charge in [-0.05, 0) is 35.6 Å². The maximum absolute atomic E-state index is 10.4. The summed E-state index contributed by atoms with van der Waals surface area (Å²) >= 11 is 0. The molecule has 3 nitrogen and oxygen atoms in total. The SMILES string of the molecule is CC(C)CCOCc1cccc(/C=C/C(=O)O)c1. The first-order chi connectivity index (χ1) is 8.58. The van der Waals surface area contributed by atoms with Gasteiger partial charge in [0.25, 0.3) is 0 Å². The van der Waals surface area contributed by atoms with Crippen LogP contribution in [-0.4, -0.2) is 17.7 Å². The fourth-order valence-corrected chi connectivity index (χ4v) is 1.46. The summed E-state index contributed by atoms with van der Waals surface area (Å²) in [6, 6.07) is 7.70. The predicted molar refractivity (Wildman–Crippen MR) is 72.2 cm³/mol. The Morgan fingerprint density at radius 1 is 1.44 bits per heavy atom. The van der Waals surface area contributed by atoms with Crippen molar-refractivity contribution < 1.29 is 14.6 Å². The van der Waals surface area contributed by atoms with Gasteiger partial charge in [-0.1, -0.05) is 32.0 Å². The molecule has 0 aliphatic heterocycles. The number of hydrogen-bond donors (Lipinski definition) is 1.